The molecule has 0 N–H and O–H groups in total. The molecule has 2 aliphatic rings. The van der Waals surface area contributed by atoms with E-state index in [1.54, 1.807) is 4.90 Å². The summed E-state index contributed by atoms with van der Waals surface area (Å²) in [4.78, 5) is 12.7. The summed E-state index contributed by atoms with van der Waals surface area (Å²) in [6.07, 6.45) is -0.742. The third-order valence-electron chi connectivity index (χ3n) is 3.98. The Morgan fingerprint density at radius 2 is 1.74 bits per heavy atom. The quantitative estimate of drug-likeness (QED) is 0.798. The molecule has 2 aliphatic heterocycles. The van der Waals surface area contributed by atoms with Crippen LogP contribution in [0, 0.1) is 11.6 Å². The highest BCUT2D eigenvalue weighted by molar-refractivity contribution is 5.78. The Labute approximate surface area is 133 Å². The van der Waals surface area contributed by atoms with Gasteiger partial charge in [0.2, 0.25) is 0 Å². The third-order valence-corrected chi connectivity index (χ3v) is 3.98. The average molecular weight is 327 g/mol. The highest BCUT2D eigenvalue weighted by Crippen LogP contribution is 2.37. The fourth-order valence-corrected chi connectivity index (χ4v) is 3.14. The molecule has 0 spiro atoms. The van der Waals surface area contributed by atoms with E-state index in [-0.39, 0.29) is 23.5 Å². The first kappa shape index (κ1) is 16.3. The molecule has 126 valence electrons. The number of ether oxygens (including phenoxy) is 3. The Bertz CT molecular complexity index is 594. The van der Waals surface area contributed by atoms with E-state index in [0.29, 0.717) is 38.2 Å². The van der Waals surface area contributed by atoms with Gasteiger partial charge in [-0.2, -0.15) is 0 Å². The number of benzene rings is 1. The minimum atomic E-state index is -1.15. The van der Waals surface area contributed by atoms with Crippen LogP contribution in [-0.2, 0) is 14.2 Å². The van der Waals surface area contributed by atoms with E-state index in [2.05, 4.69) is 0 Å². The van der Waals surface area contributed by atoms with Crippen molar-refractivity contribution < 1.29 is 27.8 Å². The van der Waals surface area contributed by atoms with Crippen LogP contribution in [0.4, 0.5) is 14.5 Å². The van der Waals surface area contributed by atoms with E-state index >= 15 is 0 Å². The summed E-state index contributed by atoms with van der Waals surface area (Å²) in [5.74, 6) is -2.20. The largest absolute Gasteiger partial charge is 0.372 e. The van der Waals surface area contributed by atoms with E-state index in [9.17, 15) is 13.6 Å². The van der Waals surface area contributed by atoms with Crippen LogP contribution < -0.4 is 4.90 Å². The minimum Gasteiger partial charge on any atom is -0.372 e. The second kappa shape index (κ2) is 6.51. The maximum atomic E-state index is 14.7. The summed E-state index contributed by atoms with van der Waals surface area (Å²) in [7, 11) is 0. The van der Waals surface area contributed by atoms with E-state index in [1.807, 2.05) is 13.8 Å². The summed E-state index contributed by atoms with van der Waals surface area (Å²) in [6, 6.07) is 1.31. The van der Waals surface area contributed by atoms with E-state index in [4.69, 9.17) is 14.2 Å². The second-order valence-corrected chi connectivity index (χ2v) is 5.89. The van der Waals surface area contributed by atoms with Crippen LogP contribution in [0.15, 0.2) is 6.07 Å². The van der Waals surface area contributed by atoms with Crippen molar-refractivity contribution in [1.29, 1.82) is 0 Å². The molecule has 2 atom stereocenters. The number of halogens is 2. The molecule has 5 nitrogen and oxygen atoms in total. The number of hydrogen-bond acceptors (Lipinski definition) is 5. The molecule has 0 radical (unpaired) electrons. The van der Waals surface area contributed by atoms with Gasteiger partial charge in [0.05, 0.1) is 36.7 Å². The SMILES string of the molecule is CC1CN(c2c(C3OCCO3)cc(C=O)c(F)c2F)CC(C)O1. The van der Waals surface area contributed by atoms with Crippen molar-refractivity contribution in [3.05, 3.63) is 28.8 Å². The molecule has 0 aromatic heterocycles. The van der Waals surface area contributed by atoms with Crippen molar-refractivity contribution >= 4 is 12.0 Å². The Morgan fingerprint density at radius 1 is 1.13 bits per heavy atom. The molecule has 2 saturated heterocycles. The predicted molar refractivity (Wildman–Crippen MR) is 78.6 cm³/mol. The molecule has 0 saturated carbocycles. The van der Waals surface area contributed by atoms with Crippen LogP contribution in [0.2, 0.25) is 0 Å². The zero-order valence-corrected chi connectivity index (χ0v) is 13.1. The number of hydrogen-bond donors (Lipinski definition) is 0. The molecule has 0 aliphatic carbocycles. The number of carbonyl (C=O) groups excluding carboxylic acids is 1. The van der Waals surface area contributed by atoms with E-state index in [1.165, 1.54) is 6.07 Å². The van der Waals surface area contributed by atoms with E-state index in [0.717, 1.165) is 0 Å². The van der Waals surface area contributed by atoms with Crippen LogP contribution >= 0.6 is 0 Å². The lowest BCUT2D eigenvalue weighted by Crippen LogP contribution is -2.46. The second-order valence-electron chi connectivity index (χ2n) is 5.89. The van der Waals surface area contributed by atoms with Gasteiger partial charge < -0.3 is 19.1 Å². The van der Waals surface area contributed by atoms with Crippen LogP contribution in [0.25, 0.3) is 0 Å². The van der Waals surface area contributed by atoms with Crippen molar-refractivity contribution in [3.63, 3.8) is 0 Å². The van der Waals surface area contributed by atoms with Crippen molar-refractivity contribution in [2.75, 3.05) is 31.2 Å². The molecule has 2 unspecified atom stereocenters. The summed E-state index contributed by atoms with van der Waals surface area (Å²) in [6.45, 7) is 5.32. The lowest BCUT2D eigenvalue weighted by atomic mass is 10.0. The van der Waals surface area contributed by atoms with Crippen LogP contribution in [-0.4, -0.2) is 44.8 Å². The highest BCUT2D eigenvalue weighted by atomic mass is 19.2. The fraction of sp³-hybridized carbons (Fsp3) is 0.562. The zero-order valence-electron chi connectivity index (χ0n) is 13.1. The maximum absolute atomic E-state index is 14.7. The van der Waals surface area contributed by atoms with Crippen LogP contribution in [0.5, 0.6) is 0 Å². The molecule has 2 heterocycles. The molecule has 2 fully saturated rings. The van der Waals surface area contributed by atoms with Crippen molar-refractivity contribution in [2.24, 2.45) is 0 Å². The van der Waals surface area contributed by atoms with Gasteiger partial charge in [0, 0.05) is 18.7 Å². The van der Waals surface area contributed by atoms with Gasteiger partial charge in [-0.3, -0.25) is 4.79 Å². The smallest absolute Gasteiger partial charge is 0.186 e. The maximum Gasteiger partial charge on any atom is 0.186 e. The molecule has 0 amide bonds. The normalized spacial score (nSPS) is 25.8. The Morgan fingerprint density at radius 3 is 2.30 bits per heavy atom. The van der Waals surface area contributed by atoms with Gasteiger partial charge >= 0.3 is 0 Å². The molecule has 7 heteroatoms. The first-order chi connectivity index (χ1) is 11.0. The molecule has 3 rings (SSSR count). The van der Waals surface area contributed by atoms with Gasteiger partial charge in [-0.1, -0.05) is 0 Å². The number of aldehydes is 1. The van der Waals surface area contributed by atoms with Gasteiger partial charge in [-0.05, 0) is 19.9 Å². The Balaban J connectivity index is 2.09. The van der Waals surface area contributed by atoms with Crippen LogP contribution in [0.1, 0.15) is 36.1 Å². The number of anilines is 1. The minimum absolute atomic E-state index is 0.0852. The summed E-state index contributed by atoms with van der Waals surface area (Å²) >= 11 is 0. The molecule has 1 aromatic carbocycles. The van der Waals surface area contributed by atoms with Gasteiger partial charge in [0.15, 0.2) is 24.2 Å². The average Bonchev–Trinajstić information content (AvgIpc) is 3.02. The van der Waals surface area contributed by atoms with Crippen molar-refractivity contribution in [1.82, 2.24) is 0 Å². The number of nitrogens with zero attached hydrogens (tertiary/aromatic N) is 1. The number of rotatable bonds is 3. The molecule has 23 heavy (non-hydrogen) atoms. The van der Waals surface area contributed by atoms with Crippen molar-refractivity contribution in [2.45, 2.75) is 32.3 Å². The first-order valence-electron chi connectivity index (χ1n) is 7.62. The van der Waals surface area contributed by atoms with E-state index < -0.39 is 17.9 Å². The molecule has 1 aromatic rings. The molecular formula is C16H19F2NO4. The van der Waals surface area contributed by atoms with Gasteiger partial charge in [-0.25, -0.2) is 8.78 Å². The third kappa shape index (κ3) is 3.08. The van der Waals surface area contributed by atoms with Crippen molar-refractivity contribution in [3.8, 4) is 0 Å². The van der Waals surface area contributed by atoms with Gasteiger partial charge in [-0.15, -0.1) is 0 Å². The summed E-state index contributed by atoms with van der Waals surface area (Å²) in [5, 5.41) is 0. The summed E-state index contributed by atoms with van der Waals surface area (Å²) < 4.78 is 45.3. The van der Waals surface area contributed by atoms with Gasteiger partial charge in [0.25, 0.3) is 0 Å². The van der Waals surface area contributed by atoms with Crippen LogP contribution in [0.3, 0.4) is 0 Å². The first-order valence-corrected chi connectivity index (χ1v) is 7.62. The van der Waals surface area contributed by atoms with Gasteiger partial charge in [0.1, 0.15) is 0 Å². The lowest BCUT2D eigenvalue weighted by molar-refractivity contribution is -0.0447. The highest BCUT2D eigenvalue weighted by Gasteiger charge is 2.33. The zero-order chi connectivity index (χ0) is 16.6. The fourth-order valence-electron chi connectivity index (χ4n) is 3.14. The number of morpholine rings is 1. The molecule has 0 bridgehead atoms. The predicted octanol–water partition coefficient (Wildman–Crippen LogP) is 2.44. The number of carbonyl (C=O) groups is 1. The Kier molecular flexibility index (Phi) is 4.61. The standard InChI is InChI=1S/C16H19F2NO4/c1-9-6-19(7-10(2)23-9)15-12(16-21-3-4-22-16)5-11(8-20)13(17)14(15)18/h5,8-10,16H,3-4,6-7H2,1-2H3. The Hall–Kier alpha value is -1.57. The topological polar surface area (TPSA) is 48.0 Å². The lowest BCUT2D eigenvalue weighted by Gasteiger charge is -2.38. The molecular weight excluding hydrogens is 308 g/mol. The monoisotopic (exact) mass is 327 g/mol. The summed E-state index contributed by atoms with van der Waals surface area (Å²) in [5.41, 5.74) is 0.0847.